The monoisotopic (exact) mass is 652 g/mol. The third-order valence-electron chi connectivity index (χ3n) is 8.11. The largest absolute Gasteiger partial charge is 0.324 e. The van der Waals surface area contributed by atoms with Crippen LogP contribution in [-0.2, 0) is 6.42 Å². The van der Waals surface area contributed by atoms with Crippen molar-refractivity contribution in [3.63, 3.8) is 0 Å². The molecule has 0 spiro atoms. The minimum absolute atomic E-state index is 0.511. The number of aromatic nitrogens is 2. The Balaban J connectivity index is 0.000000338. The van der Waals surface area contributed by atoms with Gasteiger partial charge in [-0.25, -0.2) is 9.97 Å². The Kier molecular flexibility index (Phi) is 19.1. The summed E-state index contributed by atoms with van der Waals surface area (Å²) in [6.45, 7) is 15.7. The van der Waals surface area contributed by atoms with Crippen LogP contribution in [0.5, 0.6) is 0 Å². The standard InChI is InChI=1S/C23H23Cl2N3.C9H21N.C7H14/c1-4-6-21(17-9-7-16(5-2)8-10-17)22-14-26-23(27-15(22)3)28-20-12-18(24)11-19(25)13-20;1-4-6-7-9-10(3)8-5-2;1-7-5-3-2-4-6-7/h6-14H,4-5H2,1-3H3,(H,26,27,28);4-9H2,1-3H3;7H,2-6H2,1H3/b21-6-;;. The molecule has 248 valence electrons. The summed E-state index contributed by atoms with van der Waals surface area (Å²) < 4.78 is 0. The lowest BCUT2D eigenvalue weighted by molar-refractivity contribution is 0.326. The number of nitrogens with zero attached hydrogens (tertiary/aromatic N) is 3. The summed E-state index contributed by atoms with van der Waals surface area (Å²) in [4.78, 5) is 11.6. The van der Waals surface area contributed by atoms with Crippen LogP contribution in [0, 0.1) is 12.8 Å². The number of nitrogens with one attached hydrogen (secondary N) is 1. The predicted octanol–water partition coefficient (Wildman–Crippen LogP) is 12.3. The molecule has 45 heavy (non-hydrogen) atoms. The first-order valence-corrected chi connectivity index (χ1v) is 18.0. The molecule has 2 aromatic carbocycles. The van der Waals surface area contributed by atoms with Crippen molar-refractivity contribution < 1.29 is 0 Å². The maximum absolute atomic E-state index is 6.07. The molecular weight excluding hydrogens is 595 g/mol. The van der Waals surface area contributed by atoms with Crippen molar-refractivity contribution in [2.75, 3.05) is 25.5 Å². The van der Waals surface area contributed by atoms with Crippen molar-refractivity contribution in [1.29, 1.82) is 0 Å². The van der Waals surface area contributed by atoms with Crippen molar-refractivity contribution in [3.05, 3.63) is 87.2 Å². The SMILES string of the molecule is CC/C=C(/c1ccc(CC)cc1)c1cnc(Nc2cc(Cl)cc(Cl)c2)nc1C.CC1CCCCC1.CCCCCN(C)CCC. The zero-order chi connectivity index (χ0) is 33.0. The Morgan fingerprint density at radius 2 is 1.58 bits per heavy atom. The number of aryl methyl sites for hydroxylation is 2. The van der Waals surface area contributed by atoms with Crippen LogP contribution in [0.15, 0.2) is 54.7 Å². The second-order valence-corrected chi connectivity index (χ2v) is 13.2. The third kappa shape index (κ3) is 15.2. The number of allylic oxidation sites excluding steroid dienone is 1. The van der Waals surface area contributed by atoms with E-state index in [1.165, 1.54) is 82.0 Å². The maximum Gasteiger partial charge on any atom is 0.227 e. The lowest BCUT2D eigenvalue weighted by Gasteiger charge is -2.15. The highest BCUT2D eigenvalue weighted by atomic mass is 35.5. The molecule has 1 aromatic heterocycles. The quantitative estimate of drug-likeness (QED) is 0.198. The second-order valence-electron chi connectivity index (χ2n) is 12.3. The molecule has 0 unspecified atom stereocenters. The number of hydrogen-bond donors (Lipinski definition) is 1. The highest BCUT2D eigenvalue weighted by molar-refractivity contribution is 6.35. The van der Waals surface area contributed by atoms with Gasteiger partial charge in [-0.2, -0.15) is 0 Å². The average Bonchev–Trinajstić information content (AvgIpc) is 3.01. The Morgan fingerprint density at radius 1 is 0.911 bits per heavy atom. The van der Waals surface area contributed by atoms with Gasteiger partial charge < -0.3 is 10.2 Å². The molecule has 1 fully saturated rings. The lowest BCUT2D eigenvalue weighted by Crippen LogP contribution is -2.20. The fourth-order valence-electron chi connectivity index (χ4n) is 5.49. The van der Waals surface area contributed by atoms with Gasteiger partial charge in [-0.05, 0) is 93.6 Å². The number of halogens is 2. The first-order chi connectivity index (χ1) is 21.7. The summed E-state index contributed by atoms with van der Waals surface area (Å²) in [7, 11) is 2.21. The summed E-state index contributed by atoms with van der Waals surface area (Å²) in [5, 5.41) is 4.29. The van der Waals surface area contributed by atoms with Gasteiger partial charge in [0.1, 0.15) is 0 Å². The Hall–Kier alpha value is -2.40. The number of rotatable bonds is 12. The molecule has 1 aliphatic rings. The smallest absolute Gasteiger partial charge is 0.227 e. The van der Waals surface area contributed by atoms with E-state index in [-0.39, 0.29) is 0 Å². The minimum atomic E-state index is 0.511. The van der Waals surface area contributed by atoms with E-state index in [9.17, 15) is 0 Å². The fraction of sp³-hybridized carbons (Fsp3) is 0.538. The summed E-state index contributed by atoms with van der Waals surface area (Å²) in [6.07, 6.45) is 18.9. The summed E-state index contributed by atoms with van der Waals surface area (Å²) in [6, 6.07) is 14.0. The van der Waals surface area contributed by atoms with Crippen molar-refractivity contribution in [1.82, 2.24) is 14.9 Å². The van der Waals surface area contributed by atoms with Crippen molar-refractivity contribution in [2.45, 2.75) is 112 Å². The molecular formula is C39H58Cl2N4. The van der Waals surface area contributed by atoms with E-state index in [4.69, 9.17) is 23.2 Å². The average molecular weight is 654 g/mol. The van der Waals surface area contributed by atoms with E-state index in [1.54, 1.807) is 18.2 Å². The van der Waals surface area contributed by atoms with Crippen LogP contribution in [0.25, 0.3) is 5.57 Å². The molecule has 1 heterocycles. The molecule has 4 nitrogen and oxygen atoms in total. The molecule has 0 bridgehead atoms. The van der Waals surface area contributed by atoms with E-state index >= 15 is 0 Å². The number of benzene rings is 2. The van der Waals surface area contributed by atoms with Gasteiger partial charge in [0.05, 0.1) is 5.69 Å². The first kappa shape index (κ1) is 38.8. The van der Waals surface area contributed by atoms with E-state index in [0.29, 0.717) is 16.0 Å². The molecule has 1 aliphatic carbocycles. The Labute approximate surface area is 285 Å². The van der Waals surface area contributed by atoms with Gasteiger partial charge in [0, 0.05) is 27.5 Å². The highest BCUT2D eigenvalue weighted by Gasteiger charge is 2.11. The van der Waals surface area contributed by atoms with Crippen molar-refractivity contribution in [3.8, 4) is 0 Å². The van der Waals surface area contributed by atoms with Crippen LogP contribution in [0.2, 0.25) is 10.0 Å². The van der Waals surface area contributed by atoms with Gasteiger partial charge in [-0.15, -0.1) is 0 Å². The maximum atomic E-state index is 6.07. The molecule has 4 rings (SSSR count). The van der Waals surface area contributed by atoms with E-state index < -0.39 is 0 Å². The molecule has 0 radical (unpaired) electrons. The van der Waals surface area contributed by atoms with E-state index in [0.717, 1.165) is 41.3 Å². The van der Waals surface area contributed by atoms with E-state index in [2.05, 4.69) is 92.2 Å². The van der Waals surface area contributed by atoms with Gasteiger partial charge in [0.2, 0.25) is 5.95 Å². The predicted molar refractivity (Wildman–Crippen MR) is 199 cm³/mol. The van der Waals surface area contributed by atoms with Gasteiger partial charge in [0.15, 0.2) is 0 Å². The summed E-state index contributed by atoms with van der Waals surface area (Å²) in [5.74, 6) is 1.55. The van der Waals surface area contributed by atoms with E-state index in [1.807, 2.05) is 13.1 Å². The molecule has 1 N–H and O–H groups in total. The Bertz CT molecular complexity index is 1250. The molecule has 0 atom stereocenters. The molecule has 3 aromatic rings. The molecule has 0 saturated heterocycles. The van der Waals surface area contributed by atoms with Gasteiger partial charge >= 0.3 is 0 Å². The molecule has 1 saturated carbocycles. The fourth-order valence-corrected chi connectivity index (χ4v) is 6.01. The minimum Gasteiger partial charge on any atom is -0.324 e. The topological polar surface area (TPSA) is 41.1 Å². The Morgan fingerprint density at radius 3 is 2.09 bits per heavy atom. The van der Waals surface area contributed by atoms with Crippen LogP contribution in [0.4, 0.5) is 11.6 Å². The van der Waals surface area contributed by atoms with Crippen molar-refractivity contribution >= 4 is 40.4 Å². The summed E-state index contributed by atoms with van der Waals surface area (Å²) in [5.41, 5.74) is 6.34. The van der Waals surface area contributed by atoms with Gasteiger partial charge in [-0.3, -0.25) is 0 Å². The lowest BCUT2D eigenvalue weighted by atomic mass is 9.91. The van der Waals surface area contributed by atoms with Gasteiger partial charge in [-0.1, -0.05) is 133 Å². The zero-order valence-corrected chi connectivity index (χ0v) is 30.6. The number of anilines is 2. The second kappa shape index (κ2) is 22.2. The molecule has 0 aliphatic heterocycles. The zero-order valence-electron chi connectivity index (χ0n) is 29.1. The normalized spacial score (nSPS) is 13.5. The molecule has 0 amide bonds. The van der Waals surface area contributed by atoms with Crippen LogP contribution in [-0.4, -0.2) is 35.0 Å². The summed E-state index contributed by atoms with van der Waals surface area (Å²) >= 11 is 12.1. The van der Waals surface area contributed by atoms with Crippen LogP contribution in [0.1, 0.15) is 121 Å². The third-order valence-corrected chi connectivity index (χ3v) is 8.55. The first-order valence-electron chi connectivity index (χ1n) is 17.3. The number of hydrogen-bond acceptors (Lipinski definition) is 4. The van der Waals surface area contributed by atoms with Crippen LogP contribution in [0.3, 0.4) is 0 Å². The highest BCUT2D eigenvalue weighted by Crippen LogP contribution is 2.28. The molecule has 6 heteroatoms. The number of unbranched alkanes of at least 4 members (excludes halogenated alkanes) is 2. The van der Waals surface area contributed by atoms with Gasteiger partial charge in [0.25, 0.3) is 0 Å². The van der Waals surface area contributed by atoms with Crippen LogP contribution >= 0.6 is 23.2 Å². The van der Waals surface area contributed by atoms with Crippen molar-refractivity contribution in [2.24, 2.45) is 5.92 Å². The van der Waals surface area contributed by atoms with Crippen LogP contribution < -0.4 is 5.32 Å².